The second kappa shape index (κ2) is 5.34. The highest BCUT2D eigenvalue weighted by Gasteiger charge is 2.21. The van der Waals surface area contributed by atoms with Gasteiger partial charge in [0, 0.05) is 23.3 Å². The zero-order valence-corrected chi connectivity index (χ0v) is 14.2. The Hall–Kier alpha value is -2.87. The molecule has 1 aromatic heterocycles. The van der Waals surface area contributed by atoms with Crippen LogP contribution in [0.1, 0.15) is 11.1 Å². The number of hydrogen-bond acceptors (Lipinski definition) is 1. The van der Waals surface area contributed by atoms with Crippen LogP contribution in [0, 0.1) is 13.8 Å². The fraction of sp³-hybridized carbons (Fsp3) is 0.136. The van der Waals surface area contributed by atoms with E-state index in [-0.39, 0.29) is 0 Å². The van der Waals surface area contributed by atoms with Gasteiger partial charge in [-0.05, 0) is 43.2 Å². The Morgan fingerprint density at radius 1 is 0.750 bits per heavy atom. The van der Waals surface area contributed by atoms with E-state index >= 15 is 0 Å². The van der Waals surface area contributed by atoms with Crippen LogP contribution in [-0.2, 0) is 7.05 Å². The van der Waals surface area contributed by atoms with Crippen molar-refractivity contribution in [2.24, 2.45) is 7.05 Å². The lowest BCUT2D eigenvalue weighted by molar-refractivity contribution is -0.617. The summed E-state index contributed by atoms with van der Waals surface area (Å²) >= 11 is 0. The van der Waals surface area contributed by atoms with Crippen LogP contribution >= 0.6 is 0 Å². The van der Waals surface area contributed by atoms with E-state index in [9.17, 15) is 5.11 Å². The number of phenols is 1. The molecule has 0 aliphatic rings. The van der Waals surface area contributed by atoms with Gasteiger partial charge in [-0.25, -0.2) is 0 Å². The molecule has 3 aromatic carbocycles. The van der Waals surface area contributed by atoms with E-state index in [1.54, 1.807) is 0 Å². The topological polar surface area (TPSA) is 24.1 Å². The molecule has 0 aliphatic carbocycles. The molecule has 2 nitrogen and oxygen atoms in total. The predicted octanol–water partition coefficient (Wildman–Crippen LogP) is 4.81. The van der Waals surface area contributed by atoms with Crippen molar-refractivity contribution in [1.29, 1.82) is 0 Å². The first-order valence-electron chi connectivity index (χ1n) is 8.18. The van der Waals surface area contributed by atoms with Crippen LogP contribution in [0.2, 0.25) is 0 Å². The van der Waals surface area contributed by atoms with Crippen molar-refractivity contribution in [2.45, 2.75) is 13.8 Å². The normalized spacial score (nSPS) is 11.3. The van der Waals surface area contributed by atoms with Crippen LogP contribution in [0.3, 0.4) is 0 Å². The number of para-hydroxylation sites is 2. The molecule has 0 saturated heterocycles. The summed E-state index contributed by atoms with van der Waals surface area (Å²) in [5, 5.41) is 13.0. The van der Waals surface area contributed by atoms with Crippen molar-refractivity contribution in [3.8, 4) is 16.9 Å². The number of pyridine rings is 1. The van der Waals surface area contributed by atoms with Gasteiger partial charge in [-0.1, -0.05) is 30.3 Å². The van der Waals surface area contributed by atoms with Crippen molar-refractivity contribution in [3.63, 3.8) is 0 Å². The molecular weight excluding hydrogens is 294 g/mol. The highest BCUT2D eigenvalue weighted by Crippen LogP contribution is 2.40. The van der Waals surface area contributed by atoms with Crippen LogP contribution in [0.15, 0.2) is 60.7 Å². The van der Waals surface area contributed by atoms with Gasteiger partial charge in [0.15, 0.2) is 0 Å². The van der Waals surface area contributed by atoms with Crippen molar-refractivity contribution >= 4 is 21.8 Å². The predicted molar refractivity (Wildman–Crippen MR) is 99.2 cm³/mol. The summed E-state index contributed by atoms with van der Waals surface area (Å²) in [5.41, 5.74) is 6.51. The Morgan fingerprint density at radius 3 is 1.83 bits per heavy atom. The van der Waals surface area contributed by atoms with E-state index < -0.39 is 0 Å². The zero-order valence-electron chi connectivity index (χ0n) is 14.2. The van der Waals surface area contributed by atoms with Crippen LogP contribution < -0.4 is 4.57 Å². The first-order chi connectivity index (χ1) is 11.6. The number of fused-ring (bicyclic) bond motifs is 2. The molecule has 2 heteroatoms. The molecule has 4 aromatic rings. The maximum absolute atomic E-state index is 10.7. The lowest BCUT2D eigenvalue weighted by Crippen LogP contribution is -2.30. The number of nitrogens with zero attached hydrogens (tertiary/aromatic N) is 1. The lowest BCUT2D eigenvalue weighted by Gasteiger charge is -2.14. The molecule has 1 heterocycles. The first kappa shape index (κ1) is 14.7. The molecule has 0 radical (unpaired) electrons. The minimum atomic E-state index is 0.344. The second-order valence-electron chi connectivity index (χ2n) is 6.44. The SMILES string of the molecule is Cc1cc(C)c(-c2c3ccccc3[n+](C)c3ccccc23)c(O)c1. The molecular formula is C22H20NO+. The van der Waals surface area contributed by atoms with Gasteiger partial charge in [-0.2, -0.15) is 4.57 Å². The Morgan fingerprint density at radius 2 is 1.29 bits per heavy atom. The number of aromatic nitrogens is 1. The molecule has 24 heavy (non-hydrogen) atoms. The molecule has 0 bridgehead atoms. The summed E-state index contributed by atoms with van der Waals surface area (Å²) in [4.78, 5) is 0. The average molecular weight is 314 g/mol. The van der Waals surface area contributed by atoms with E-state index in [1.165, 1.54) is 0 Å². The fourth-order valence-electron chi connectivity index (χ4n) is 3.77. The molecule has 0 spiro atoms. The average Bonchev–Trinajstić information content (AvgIpc) is 2.57. The molecule has 0 saturated carbocycles. The maximum Gasteiger partial charge on any atom is 0.213 e. The van der Waals surface area contributed by atoms with Crippen molar-refractivity contribution in [3.05, 3.63) is 71.8 Å². The molecule has 0 amide bonds. The summed E-state index contributed by atoms with van der Waals surface area (Å²) in [6, 6.07) is 20.7. The number of hydrogen-bond donors (Lipinski definition) is 1. The second-order valence-corrected chi connectivity index (χ2v) is 6.44. The van der Waals surface area contributed by atoms with Gasteiger partial charge in [-0.15, -0.1) is 0 Å². The van der Waals surface area contributed by atoms with Crippen LogP contribution in [-0.4, -0.2) is 5.11 Å². The Balaban J connectivity index is 2.28. The van der Waals surface area contributed by atoms with Gasteiger partial charge >= 0.3 is 0 Å². The standard InChI is InChI=1S/C22H19NO/c1-14-12-15(2)21(20(24)13-14)22-16-8-4-6-10-18(16)23(3)19-11-7-5-9-17(19)22/h4-13H,1-3H3/p+1. The molecule has 0 fully saturated rings. The van der Waals surface area contributed by atoms with Gasteiger partial charge in [0.1, 0.15) is 12.8 Å². The third-order valence-corrected chi connectivity index (χ3v) is 4.78. The van der Waals surface area contributed by atoms with E-state index in [1.807, 2.05) is 13.0 Å². The van der Waals surface area contributed by atoms with Gasteiger partial charge < -0.3 is 5.11 Å². The summed E-state index contributed by atoms with van der Waals surface area (Å²) < 4.78 is 2.22. The van der Waals surface area contributed by atoms with Gasteiger partial charge in [-0.3, -0.25) is 0 Å². The van der Waals surface area contributed by atoms with Crippen LogP contribution in [0.4, 0.5) is 0 Å². The third-order valence-electron chi connectivity index (χ3n) is 4.78. The molecule has 1 N–H and O–H groups in total. The van der Waals surface area contributed by atoms with Crippen molar-refractivity contribution in [2.75, 3.05) is 0 Å². The molecule has 0 aliphatic heterocycles. The number of rotatable bonds is 1. The van der Waals surface area contributed by atoms with Crippen LogP contribution in [0.25, 0.3) is 32.9 Å². The maximum atomic E-state index is 10.7. The van der Waals surface area contributed by atoms with Crippen molar-refractivity contribution < 1.29 is 9.67 Å². The number of phenolic OH excluding ortho intramolecular Hbond substituents is 1. The Kier molecular flexibility index (Phi) is 3.27. The molecule has 4 rings (SSSR count). The van der Waals surface area contributed by atoms with Crippen LogP contribution in [0.5, 0.6) is 5.75 Å². The number of benzene rings is 3. The highest BCUT2D eigenvalue weighted by molar-refractivity contribution is 6.08. The summed E-state index contributed by atoms with van der Waals surface area (Å²) in [7, 11) is 2.09. The van der Waals surface area contributed by atoms with Gasteiger partial charge in [0.25, 0.3) is 0 Å². The molecule has 118 valence electrons. The lowest BCUT2D eigenvalue weighted by atomic mass is 9.91. The summed E-state index contributed by atoms with van der Waals surface area (Å²) in [5.74, 6) is 0.344. The Bertz CT molecular complexity index is 1020. The first-order valence-corrected chi connectivity index (χ1v) is 8.18. The minimum Gasteiger partial charge on any atom is -0.507 e. The third kappa shape index (κ3) is 2.07. The number of aryl methyl sites for hydroxylation is 3. The Labute approximate surface area is 141 Å². The highest BCUT2D eigenvalue weighted by atomic mass is 16.3. The van der Waals surface area contributed by atoms with E-state index in [0.29, 0.717) is 5.75 Å². The monoisotopic (exact) mass is 314 g/mol. The fourth-order valence-corrected chi connectivity index (χ4v) is 3.77. The quantitative estimate of drug-likeness (QED) is 0.396. The van der Waals surface area contributed by atoms with Gasteiger partial charge in [0.05, 0.1) is 10.8 Å². The van der Waals surface area contributed by atoms with E-state index in [2.05, 4.69) is 73.1 Å². The molecule has 0 unspecified atom stereocenters. The smallest absolute Gasteiger partial charge is 0.213 e. The van der Waals surface area contributed by atoms with Gasteiger partial charge in [0.2, 0.25) is 11.0 Å². The number of aromatic hydroxyl groups is 1. The largest absolute Gasteiger partial charge is 0.507 e. The zero-order chi connectivity index (χ0) is 16.8. The van der Waals surface area contributed by atoms with E-state index in [0.717, 1.165) is 44.1 Å². The molecule has 0 atom stereocenters. The summed E-state index contributed by atoms with van der Waals surface area (Å²) in [6.45, 7) is 4.08. The van der Waals surface area contributed by atoms with Crippen molar-refractivity contribution in [1.82, 2.24) is 0 Å². The minimum absolute atomic E-state index is 0.344. The summed E-state index contributed by atoms with van der Waals surface area (Å²) in [6.07, 6.45) is 0. The van der Waals surface area contributed by atoms with E-state index in [4.69, 9.17) is 0 Å².